The molecule has 0 heteroatoms. The van der Waals surface area contributed by atoms with Crippen LogP contribution in [0.15, 0.2) is 255 Å². The van der Waals surface area contributed by atoms with E-state index in [1.807, 2.05) is 13.8 Å². The maximum absolute atomic E-state index is 2.48. The lowest BCUT2D eigenvalue weighted by molar-refractivity contribution is 1.20. The van der Waals surface area contributed by atoms with Crippen molar-refractivity contribution in [2.75, 3.05) is 0 Å². The van der Waals surface area contributed by atoms with Gasteiger partial charge in [-0.1, -0.05) is 232 Å². The molecule has 0 atom stereocenters. The second-order valence-corrected chi connectivity index (χ2v) is 18.8. The largest absolute Gasteiger partial charge is 0.0683 e. The van der Waals surface area contributed by atoms with Crippen molar-refractivity contribution in [1.82, 2.24) is 0 Å². The third kappa shape index (κ3) is 7.31. The van der Waals surface area contributed by atoms with E-state index in [1.54, 1.807) is 0 Å². The van der Waals surface area contributed by atoms with Gasteiger partial charge in [0.15, 0.2) is 0 Å². The highest BCUT2D eigenvalue weighted by Crippen LogP contribution is 2.45. The molecule has 14 aromatic carbocycles. The minimum atomic E-state index is 0.735. The normalized spacial score (nSPS) is 11.6. The van der Waals surface area contributed by atoms with E-state index in [-0.39, 0.29) is 0 Å². The van der Waals surface area contributed by atoms with Gasteiger partial charge in [-0.25, -0.2) is 0 Å². The fourth-order valence-corrected chi connectivity index (χ4v) is 11.7. The van der Waals surface area contributed by atoms with Gasteiger partial charge in [0, 0.05) is 0 Å². The fourth-order valence-electron chi connectivity index (χ4n) is 11.7. The molecule has 0 fully saturated rings. The molecule has 0 bridgehead atoms. The quantitative estimate of drug-likeness (QED) is 0.146. The smallest absolute Gasteiger partial charge is 0.00249 e. The summed E-state index contributed by atoms with van der Waals surface area (Å²) in [7, 11) is 0. The highest BCUT2D eigenvalue weighted by atomic mass is 14.2. The first-order valence-corrected chi connectivity index (χ1v) is 25.1. The Labute approximate surface area is 414 Å². The summed E-state index contributed by atoms with van der Waals surface area (Å²) < 4.78 is 0. The van der Waals surface area contributed by atoms with Crippen LogP contribution in [-0.4, -0.2) is 0 Å². The van der Waals surface area contributed by atoms with E-state index in [4.69, 9.17) is 0 Å². The molecule has 0 aromatic heterocycles. The minimum Gasteiger partial charge on any atom is -0.0683 e. The molecular formula is C71H50. The number of fused-ring (bicyclic) bond motifs is 8. The molecule has 14 rings (SSSR count). The van der Waals surface area contributed by atoms with Gasteiger partial charge in [0.25, 0.3) is 0 Å². The van der Waals surface area contributed by atoms with Crippen LogP contribution in [0, 0.1) is 0 Å². The Hall–Kier alpha value is -8.84. The van der Waals surface area contributed by atoms with E-state index >= 15 is 0 Å². The lowest BCUT2D eigenvalue weighted by atomic mass is 9.84. The average Bonchev–Trinajstić information content (AvgIpc) is 3.42. The zero-order valence-corrected chi connectivity index (χ0v) is 40.0. The molecule has 0 nitrogen and oxygen atoms in total. The number of rotatable bonds is 6. The molecule has 14 aromatic rings. The van der Waals surface area contributed by atoms with E-state index in [2.05, 4.69) is 255 Å². The molecule has 0 aliphatic rings. The first kappa shape index (κ1) is 42.3. The Bertz CT molecular complexity index is 3620. The lowest BCUT2D eigenvalue weighted by Crippen LogP contribution is -1.96. The van der Waals surface area contributed by atoms with Crippen LogP contribution in [0.3, 0.4) is 0 Å². The van der Waals surface area contributed by atoms with E-state index in [0.717, 1.165) is 6.42 Å². The van der Waals surface area contributed by atoms with Gasteiger partial charge >= 0.3 is 0 Å². The van der Waals surface area contributed by atoms with Crippen LogP contribution in [0.5, 0.6) is 0 Å². The highest BCUT2D eigenvalue weighted by molar-refractivity contribution is 6.18. The molecule has 0 N–H and O–H groups in total. The first-order valence-electron chi connectivity index (χ1n) is 25.1. The Morgan fingerprint density at radius 2 is 0.366 bits per heavy atom. The monoisotopic (exact) mass is 902 g/mol. The topological polar surface area (TPSA) is 0 Å². The van der Waals surface area contributed by atoms with Crippen molar-refractivity contribution in [3.05, 3.63) is 266 Å². The van der Waals surface area contributed by atoms with Crippen molar-refractivity contribution in [3.8, 4) is 44.5 Å². The first-order chi connectivity index (χ1) is 35.2. The van der Waals surface area contributed by atoms with E-state index in [1.165, 1.54) is 142 Å². The summed E-state index contributed by atoms with van der Waals surface area (Å²) in [5.41, 5.74) is 12.5. The third-order valence-electron chi connectivity index (χ3n) is 14.6. The van der Waals surface area contributed by atoms with Gasteiger partial charge < -0.3 is 0 Å². The van der Waals surface area contributed by atoms with Crippen molar-refractivity contribution in [1.29, 1.82) is 0 Å². The molecule has 0 amide bonds. The molecule has 0 saturated heterocycles. The summed E-state index contributed by atoms with van der Waals surface area (Å²) in [5, 5.41) is 20.1. The van der Waals surface area contributed by atoms with Crippen molar-refractivity contribution in [2.24, 2.45) is 0 Å². The van der Waals surface area contributed by atoms with Gasteiger partial charge in [0.1, 0.15) is 0 Å². The zero-order valence-electron chi connectivity index (χ0n) is 40.0. The molecule has 0 aliphatic heterocycles. The Morgan fingerprint density at radius 1 is 0.197 bits per heavy atom. The molecule has 0 heterocycles. The Morgan fingerprint density at radius 3 is 0.549 bits per heavy atom. The standard InChI is InChI=1S/C69H44.C2H6/c1-9-25-58-46(17-1)38-47-18-2-10-26-59(47)66(58)54-34-44(35-55(42-54)67-60-27-11-3-19-48(60)39-49-20-4-12-28-61(49)67)33-45-36-56(68-62-29-13-5-21-50(62)40-51-22-6-14-30-63(51)68)43-57(37-45)69-64-31-15-7-23-52(64)41-53-24-8-16-32-65(53)69;1-2/h1-32,34-43H,33H2;1-2H3. The van der Waals surface area contributed by atoms with Crippen LogP contribution in [0.1, 0.15) is 25.0 Å². The van der Waals surface area contributed by atoms with Crippen molar-refractivity contribution in [2.45, 2.75) is 20.3 Å². The second kappa shape index (κ2) is 17.6. The van der Waals surface area contributed by atoms with Crippen LogP contribution in [0.4, 0.5) is 0 Å². The molecule has 334 valence electrons. The summed E-state index contributed by atoms with van der Waals surface area (Å²) in [6.45, 7) is 4.00. The van der Waals surface area contributed by atoms with E-state index < -0.39 is 0 Å². The SMILES string of the molecule is CC.c1ccc2c(-c3cc(Cc4cc(-c5c6ccccc6cc6ccccc56)cc(-c5c6ccccc6cc6ccccc56)c4)cc(-c4c5ccccc5cc5ccccc45)c3)c3ccccc3cc2c1. The molecule has 0 aliphatic carbocycles. The summed E-state index contributed by atoms with van der Waals surface area (Å²) in [5.74, 6) is 0. The summed E-state index contributed by atoms with van der Waals surface area (Å²) >= 11 is 0. The van der Waals surface area contributed by atoms with Gasteiger partial charge in [-0.15, -0.1) is 0 Å². The maximum Gasteiger partial charge on any atom is -0.00249 e. The summed E-state index contributed by atoms with van der Waals surface area (Å²) in [4.78, 5) is 0. The molecule has 71 heavy (non-hydrogen) atoms. The van der Waals surface area contributed by atoms with E-state index in [0.29, 0.717) is 0 Å². The molecule has 0 radical (unpaired) electrons. The number of benzene rings is 14. The average molecular weight is 903 g/mol. The van der Waals surface area contributed by atoms with Gasteiger partial charge in [0.05, 0.1) is 0 Å². The van der Waals surface area contributed by atoms with Gasteiger partial charge in [-0.05, 0) is 185 Å². The Kier molecular flexibility index (Phi) is 10.5. The lowest BCUT2D eigenvalue weighted by Gasteiger charge is -2.19. The second-order valence-electron chi connectivity index (χ2n) is 18.8. The van der Waals surface area contributed by atoms with Gasteiger partial charge in [-0.3, -0.25) is 0 Å². The van der Waals surface area contributed by atoms with Crippen LogP contribution in [0.25, 0.3) is 131 Å². The summed E-state index contributed by atoms with van der Waals surface area (Å²) in [6, 6.07) is 95.5. The number of hydrogen-bond acceptors (Lipinski definition) is 0. The van der Waals surface area contributed by atoms with Crippen LogP contribution < -0.4 is 0 Å². The molecule has 0 spiro atoms. The predicted molar refractivity (Wildman–Crippen MR) is 309 cm³/mol. The van der Waals surface area contributed by atoms with Gasteiger partial charge in [0.2, 0.25) is 0 Å². The number of hydrogen-bond donors (Lipinski definition) is 0. The van der Waals surface area contributed by atoms with Crippen molar-refractivity contribution >= 4 is 86.2 Å². The minimum absolute atomic E-state index is 0.735. The van der Waals surface area contributed by atoms with Gasteiger partial charge in [-0.2, -0.15) is 0 Å². The van der Waals surface area contributed by atoms with Crippen molar-refractivity contribution < 1.29 is 0 Å². The zero-order chi connectivity index (χ0) is 47.4. The van der Waals surface area contributed by atoms with Crippen LogP contribution in [0.2, 0.25) is 0 Å². The molecule has 0 unspecified atom stereocenters. The Balaban J connectivity index is 0.00000243. The molecular weight excluding hydrogens is 853 g/mol. The maximum atomic E-state index is 2.48. The van der Waals surface area contributed by atoms with Crippen molar-refractivity contribution in [3.63, 3.8) is 0 Å². The highest BCUT2D eigenvalue weighted by Gasteiger charge is 2.19. The third-order valence-corrected chi connectivity index (χ3v) is 14.6. The van der Waals surface area contributed by atoms with Crippen LogP contribution in [-0.2, 0) is 6.42 Å². The van der Waals surface area contributed by atoms with Crippen LogP contribution >= 0.6 is 0 Å². The van der Waals surface area contributed by atoms with E-state index in [9.17, 15) is 0 Å². The molecule has 0 saturated carbocycles. The fraction of sp³-hybridized carbons (Fsp3) is 0.0423. The summed E-state index contributed by atoms with van der Waals surface area (Å²) in [6.07, 6.45) is 0.735. The predicted octanol–water partition coefficient (Wildman–Crippen LogP) is 20.2.